The van der Waals surface area contributed by atoms with Gasteiger partial charge in [-0.25, -0.2) is 0 Å². The van der Waals surface area contributed by atoms with Crippen molar-refractivity contribution in [1.82, 2.24) is 5.32 Å². The first kappa shape index (κ1) is 45.6. The van der Waals surface area contributed by atoms with E-state index in [1.54, 1.807) is 6.08 Å². The normalized spacial score (nSPS) is 13.4. The van der Waals surface area contributed by atoms with E-state index in [4.69, 9.17) is 0 Å². The van der Waals surface area contributed by atoms with Crippen molar-refractivity contribution in [2.75, 3.05) is 6.61 Å². The SMILES string of the molecule is CCCCCCCC/C=C\CCCCCC(=O)NC(CO)C(O)/C=C/CC/C=C/CCCCCCCCCCCCCCCCCC. The van der Waals surface area contributed by atoms with Crippen molar-refractivity contribution in [1.29, 1.82) is 0 Å². The molecule has 0 aromatic heterocycles. The lowest BCUT2D eigenvalue weighted by atomic mass is 10.0. The predicted molar refractivity (Wildman–Crippen MR) is 207 cm³/mol. The maximum Gasteiger partial charge on any atom is 0.220 e. The summed E-state index contributed by atoms with van der Waals surface area (Å²) < 4.78 is 0. The van der Waals surface area contributed by atoms with Crippen LogP contribution in [0.4, 0.5) is 0 Å². The van der Waals surface area contributed by atoms with Crippen molar-refractivity contribution in [3.8, 4) is 0 Å². The van der Waals surface area contributed by atoms with Crippen molar-refractivity contribution < 1.29 is 15.0 Å². The summed E-state index contributed by atoms with van der Waals surface area (Å²) in [6.07, 6.45) is 51.1. The van der Waals surface area contributed by atoms with Crippen LogP contribution in [0, 0.1) is 0 Å². The zero-order chi connectivity index (χ0) is 34.3. The van der Waals surface area contributed by atoms with E-state index in [0.29, 0.717) is 6.42 Å². The van der Waals surface area contributed by atoms with Crippen molar-refractivity contribution in [2.45, 2.75) is 225 Å². The average Bonchev–Trinajstić information content (AvgIpc) is 3.07. The number of unbranched alkanes of at least 4 members (excludes halogenated alkanes) is 26. The summed E-state index contributed by atoms with van der Waals surface area (Å²) in [6, 6.07) is -0.644. The lowest BCUT2D eigenvalue weighted by Gasteiger charge is -2.19. The lowest BCUT2D eigenvalue weighted by Crippen LogP contribution is -2.45. The zero-order valence-electron chi connectivity index (χ0n) is 31.5. The first-order chi connectivity index (χ1) is 23.2. The topological polar surface area (TPSA) is 69.6 Å². The Labute approximate surface area is 293 Å². The van der Waals surface area contributed by atoms with Crippen LogP contribution in [0.2, 0.25) is 0 Å². The van der Waals surface area contributed by atoms with Gasteiger partial charge in [0.1, 0.15) is 0 Å². The summed E-state index contributed by atoms with van der Waals surface area (Å²) in [6.45, 7) is 4.28. The molecular weight excluding hydrogens is 578 g/mol. The molecule has 0 aromatic carbocycles. The van der Waals surface area contributed by atoms with E-state index >= 15 is 0 Å². The molecule has 4 heteroatoms. The minimum atomic E-state index is -0.866. The van der Waals surface area contributed by atoms with E-state index in [1.165, 1.54) is 148 Å². The zero-order valence-corrected chi connectivity index (χ0v) is 31.5. The molecule has 0 saturated carbocycles. The largest absolute Gasteiger partial charge is 0.394 e. The maximum atomic E-state index is 12.3. The molecule has 0 aliphatic rings. The number of aliphatic hydroxyl groups is 2. The van der Waals surface area contributed by atoms with E-state index in [-0.39, 0.29) is 12.5 Å². The Hall–Kier alpha value is -1.39. The number of amides is 1. The third kappa shape index (κ3) is 35.7. The second-order valence-corrected chi connectivity index (χ2v) is 14.0. The quantitative estimate of drug-likeness (QED) is 0.0459. The monoisotopic (exact) mass is 660 g/mol. The first-order valence-corrected chi connectivity index (χ1v) is 20.7. The molecule has 4 nitrogen and oxygen atoms in total. The number of hydrogen-bond donors (Lipinski definition) is 3. The van der Waals surface area contributed by atoms with Crippen LogP contribution in [-0.2, 0) is 4.79 Å². The van der Waals surface area contributed by atoms with Gasteiger partial charge in [0.15, 0.2) is 0 Å². The fourth-order valence-corrected chi connectivity index (χ4v) is 6.13. The van der Waals surface area contributed by atoms with Crippen LogP contribution in [0.3, 0.4) is 0 Å². The van der Waals surface area contributed by atoms with Gasteiger partial charge in [0, 0.05) is 6.42 Å². The number of carbonyl (C=O) groups is 1. The van der Waals surface area contributed by atoms with Crippen LogP contribution < -0.4 is 5.32 Å². The summed E-state index contributed by atoms with van der Waals surface area (Å²) in [7, 11) is 0. The Morgan fingerprint density at radius 2 is 0.830 bits per heavy atom. The number of hydrogen-bond acceptors (Lipinski definition) is 3. The molecule has 47 heavy (non-hydrogen) atoms. The summed E-state index contributed by atoms with van der Waals surface area (Å²) >= 11 is 0. The van der Waals surface area contributed by atoms with Gasteiger partial charge in [-0.2, -0.15) is 0 Å². The molecule has 0 spiro atoms. The average molecular weight is 660 g/mol. The molecule has 2 atom stereocenters. The smallest absolute Gasteiger partial charge is 0.220 e. The Kier molecular flexibility index (Phi) is 37.9. The van der Waals surface area contributed by atoms with Gasteiger partial charge in [-0.3, -0.25) is 4.79 Å². The number of aliphatic hydroxyl groups excluding tert-OH is 2. The number of allylic oxidation sites excluding steroid dienone is 5. The second-order valence-electron chi connectivity index (χ2n) is 14.0. The first-order valence-electron chi connectivity index (χ1n) is 20.7. The number of rotatable bonds is 37. The third-order valence-electron chi connectivity index (χ3n) is 9.35. The fraction of sp³-hybridized carbons (Fsp3) is 0.837. The standard InChI is InChI=1S/C43H81NO3/c1-3-5-7-9-11-13-15-17-18-19-20-21-22-23-24-25-27-28-30-32-34-36-38-42(46)41(40-45)44-43(47)39-37-35-33-31-29-26-16-14-12-10-8-6-4-2/h26,28-30,36,38,41-42,45-46H,3-25,27,31-35,37,39-40H2,1-2H3,(H,44,47)/b29-26-,30-28+,38-36+. The molecule has 2 unspecified atom stereocenters. The number of carbonyl (C=O) groups excluding carboxylic acids is 1. The highest BCUT2D eigenvalue weighted by molar-refractivity contribution is 5.76. The highest BCUT2D eigenvalue weighted by Crippen LogP contribution is 2.14. The molecule has 3 N–H and O–H groups in total. The van der Waals surface area contributed by atoms with E-state index in [9.17, 15) is 15.0 Å². The van der Waals surface area contributed by atoms with Gasteiger partial charge in [0.2, 0.25) is 5.91 Å². The molecule has 0 radical (unpaired) electrons. The van der Waals surface area contributed by atoms with Crippen molar-refractivity contribution >= 4 is 5.91 Å². The molecule has 1 amide bonds. The summed E-state index contributed by atoms with van der Waals surface area (Å²) in [5.41, 5.74) is 0. The van der Waals surface area contributed by atoms with Gasteiger partial charge >= 0.3 is 0 Å². The number of nitrogens with one attached hydrogen (secondary N) is 1. The summed E-state index contributed by atoms with van der Waals surface area (Å²) in [4.78, 5) is 12.3. The molecule has 0 aliphatic carbocycles. The molecule has 0 aliphatic heterocycles. The summed E-state index contributed by atoms with van der Waals surface area (Å²) in [5, 5.41) is 22.9. The molecule has 0 heterocycles. The summed E-state index contributed by atoms with van der Waals surface area (Å²) in [5.74, 6) is -0.0906. The van der Waals surface area contributed by atoms with Crippen LogP contribution in [0.1, 0.15) is 213 Å². The van der Waals surface area contributed by atoms with Crippen LogP contribution >= 0.6 is 0 Å². The Balaban J connectivity index is 3.62. The molecular formula is C43H81NO3. The molecule has 0 fully saturated rings. The third-order valence-corrected chi connectivity index (χ3v) is 9.35. The molecule has 0 saturated heterocycles. The highest BCUT2D eigenvalue weighted by Gasteiger charge is 2.17. The van der Waals surface area contributed by atoms with Crippen molar-refractivity contribution in [3.63, 3.8) is 0 Å². The van der Waals surface area contributed by atoms with Crippen LogP contribution in [-0.4, -0.2) is 34.9 Å². The van der Waals surface area contributed by atoms with Crippen LogP contribution in [0.25, 0.3) is 0 Å². The lowest BCUT2D eigenvalue weighted by molar-refractivity contribution is -0.123. The van der Waals surface area contributed by atoms with Crippen LogP contribution in [0.5, 0.6) is 0 Å². The fourth-order valence-electron chi connectivity index (χ4n) is 6.13. The van der Waals surface area contributed by atoms with Gasteiger partial charge in [0.05, 0.1) is 18.8 Å². The van der Waals surface area contributed by atoms with E-state index in [1.807, 2.05) is 6.08 Å². The van der Waals surface area contributed by atoms with E-state index in [0.717, 1.165) is 44.9 Å². The molecule has 276 valence electrons. The minimum absolute atomic E-state index is 0.0906. The molecule has 0 bridgehead atoms. The van der Waals surface area contributed by atoms with Gasteiger partial charge in [-0.15, -0.1) is 0 Å². The van der Waals surface area contributed by atoms with Gasteiger partial charge in [-0.1, -0.05) is 185 Å². The van der Waals surface area contributed by atoms with Gasteiger partial charge in [-0.05, 0) is 57.8 Å². The van der Waals surface area contributed by atoms with Gasteiger partial charge in [0.25, 0.3) is 0 Å². The highest BCUT2D eigenvalue weighted by atomic mass is 16.3. The van der Waals surface area contributed by atoms with Crippen molar-refractivity contribution in [3.05, 3.63) is 36.5 Å². The van der Waals surface area contributed by atoms with Crippen molar-refractivity contribution in [2.24, 2.45) is 0 Å². The van der Waals surface area contributed by atoms with Gasteiger partial charge < -0.3 is 15.5 Å². The van der Waals surface area contributed by atoms with E-state index < -0.39 is 12.1 Å². The van der Waals surface area contributed by atoms with E-state index in [2.05, 4.69) is 43.5 Å². The van der Waals surface area contributed by atoms with Crippen LogP contribution in [0.15, 0.2) is 36.5 Å². The molecule has 0 aromatic rings. The predicted octanol–water partition coefficient (Wildman–Crippen LogP) is 12.6. The molecule has 0 rings (SSSR count). The maximum absolute atomic E-state index is 12.3. The second kappa shape index (κ2) is 39.1. The Morgan fingerprint density at radius 3 is 1.23 bits per heavy atom. The minimum Gasteiger partial charge on any atom is -0.394 e. The Morgan fingerprint density at radius 1 is 0.489 bits per heavy atom. The Bertz CT molecular complexity index is 716.